The summed E-state index contributed by atoms with van der Waals surface area (Å²) in [5, 5.41) is 11.2. The quantitative estimate of drug-likeness (QED) is 0.298. The second kappa shape index (κ2) is 12.7. The minimum Gasteiger partial charge on any atom is -0.493 e. The normalized spacial score (nSPS) is 11.3. The van der Waals surface area contributed by atoms with E-state index in [1.807, 2.05) is 36.9 Å². The fraction of sp³-hybridized carbons (Fsp3) is 0.545. The predicted molar refractivity (Wildman–Crippen MR) is 131 cm³/mol. The molecular formula is C22H36IN5O. The average Bonchev–Trinajstić information content (AvgIpc) is 2.90. The Morgan fingerprint density at radius 1 is 1.21 bits per heavy atom. The summed E-state index contributed by atoms with van der Waals surface area (Å²) in [4.78, 5) is 4.76. The molecule has 2 aromatic rings. The first-order valence-corrected chi connectivity index (χ1v) is 10.1. The van der Waals surface area contributed by atoms with Crippen LogP contribution in [0.5, 0.6) is 5.75 Å². The van der Waals surface area contributed by atoms with Crippen LogP contribution in [0.15, 0.2) is 29.3 Å². The fourth-order valence-corrected chi connectivity index (χ4v) is 2.93. The minimum atomic E-state index is 0. The second-order valence-corrected chi connectivity index (χ2v) is 7.46. The van der Waals surface area contributed by atoms with Gasteiger partial charge in [0.15, 0.2) is 5.96 Å². The molecule has 0 saturated heterocycles. The lowest BCUT2D eigenvalue weighted by Gasteiger charge is -2.14. The molecule has 162 valence electrons. The van der Waals surface area contributed by atoms with E-state index in [1.165, 1.54) is 11.3 Å². The molecule has 29 heavy (non-hydrogen) atoms. The van der Waals surface area contributed by atoms with Gasteiger partial charge in [-0.2, -0.15) is 5.10 Å². The van der Waals surface area contributed by atoms with Crippen molar-refractivity contribution in [2.75, 3.05) is 13.2 Å². The molecule has 0 aliphatic heterocycles. The van der Waals surface area contributed by atoms with E-state index in [4.69, 9.17) is 9.73 Å². The highest BCUT2D eigenvalue weighted by Gasteiger charge is 2.10. The number of nitrogens with one attached hydrogen (secondary N) is 2. The van der Waals surface area contributed by atoms with Gasteiger partial charge in [-0.15, -0.1) is 24.0 Å². The van der Waals surface area contributed by atoms with E-state index in [-0.39, 0.29) is 24.0 Å². The Balaban J connectivity index is 0.00000420. The summed E-state index contributed by atoms with van der Waals surface area (Å²) in [6.07, 6.45) is 1.05. The number of halogens is 1. The number of guanidine groups is 1. The Bertz CT molecular complexity index is 786. The maximum Gasteiger partial charge on any atom is 0.191 e. The molecule has 6 nitrogen and oxygen atoms in total. The van der Waals surface area contributed by atoms with E-state index >= 15 is 0 Å². The van der Waals surface area contributed by atoms with Crippen LogP contribution in [0.2, 0.25) is 0 Å². The molecule has 0 unspecified atom stereocenters. The van der Waals surface area contributed by atoms with Crippen LogP contribution in [0.4, 0.5) is 0 Å². The maximum atomic E-state index is 5.98. The summed E-state index contributed by atoms with van der Waals surface area (Å²) in [7, 11) is 1.97. The Morgan fingerprint density at radius 3 is 2.55 bits per heavy atom. The summed E-state index contributed by atoms with van der Waals surface area (Å²) in [6, 6.07) is 8.14. The SMILES string of the molecule is CCNC(=NCc1ccccc1OCCC(C)C)NCc1c(C)nn(C)c1C.I. The fourth-order valence-electron chi connectivity index (χ4n) is 2.93. The first-order chi connectivity index (χ1) is 13.4. The summed E-state index contributed by atoms with van der Waals surface area (Å²) >= 11 is 0. The molecular weight excluding hydrogens is 477 g/mol. The molecule has 0 spiro atoms. The lowest BCUT2D eigenvalue weighted by molar-refractivity contribution is 0.287. The molecule has 0 fully saturated rings. The average molecular weight is 513 g/mol. The number of aliphatic imine (C=N–C) groups is 1. The maximum absolute atomic E-state index is 5.98. The van der Waals surface area contributed by atoms with Crippen LogP contribution in [0, 0.1) is 19.8 Å². The van der Waals surface area contributed by atoms with Crippen LogP contribution in [0.25, 0.3) is 0 Å². The van der Waals surface area contributed by atoms with Crippen molar-refractivity contribution in [1.82, 2.24) is 20.4 Å². The van der Waals surface area contributed by atoms with Gasteiger partial charge in [0, 0.05) is 37.0 Å². The van der Waals surface area contributed by atoms with Crippen LogP contribution in [-0.4, -0.2) is 28.9 Å². The van der Waals surface area contributed by atoms with E-state index in [9.17, 15) is 0 Å². The van der Waals surface area contributed by atoms with Crippen molar-refractivity contribution < 1.29 is 4.74 Å². The van der Waals surface area contributed by atoms with Crippen LogP contribution < -0.4 is 15.4 Å². The second-order valence-electron chi connectivity index (χ2n) is 7.46. The van der Waals surface area contributed by atoms with E-state index in [2.05, 4.69) is 49.5 Å². The van der Waals surface area contributed by atoms with Gasteiger partial charge in [-0.1, -0.05) is 32.0 Å². The number of nitrogens with zero attached hydrogens (tertiary/aromatic N) is 3. The number of rotatable bonds is 9. The molecule has 0 amide bonds. The van der Waals surface area contributed by atoms with Gasteiger partial charge in [0.05, 0.1) is 18.8 Å². The van der Waals surface area contributed by atoms with E-state index in [0.717, 1.165) is 42.5 Å². The number of para-hydroxylation sites is 1. The Kier molecular flexibility index (Phi) is 11.1. The molecule has 0 aliphatic carbocycles. The molecule has 2 N–H and O–H groups in total. The standard InChI is InChI=1S/C22H35N5O.HI/c1-7-23-22(25-15-20-17(4)26-27(6)18(20)5)24-14-19-10-8-9-11-21(19)28-13-12-16(2)3;/h8-11,16H,7,12-15H2,1-6H3,(H2,23,24,25);1H. The van der Waals surface area contributed by atoms with Gasteiger partial charge in [0.2, 0.25) is 0 Å². The number of aryl methyl sites for hydroxylation is 2. The Hall–Kier alpha value is -1.77. The van der Waals surface area contributed by atoms with Gasteiger partial charge in [-0.25, -0.2) is 4.99 Å². The van der Waals surface area contributed by atoms with Crippen molar-refractivity contribution in [1.29, 1.82) is 0 Å². The Labute approximate surface area is 192 Å². The molecule has 0 saturated carbocycles. The number of benzene rings is 1. The molecule has 1 aromatic heterocycles. The smallest absolute Gasteiger partial charge is 0.191 e. The number of ether oxygens (including phenoxy) is 1. The lowest BCUT2D eigenvalue weighted by Crippen LogP contribution is -2.37. The molecule has 2 rings (SSSR count). The molecule has 0 bridgehead atoms. The zero-order valence-corrected chi connectivity index (χ0v) is 20.9. The number of hydrogen-bond acceptors (Lipinski definition) is 3. The van der Waals surface area contributed by atoms with Crippen molar-refractivity contribution in [3.63, 3.8) is 0 Å². The van der Waals surface area contributed by atoms with E-state index in [0.29, 0.717) is 19.0 Å². The largest absolute Gasteiger partial charge is 0.493 e. The molecule has 1 aromatic carbocycles. The third-order valence-electron chi connectivity index (χ3n) is 4.77. The zero-order valence-electron chi connectivity index (χ0n) is 18.6. The summed E-state index contributed by atoms with van der Waals surface area (Å²) in [5.41, 5.74) is 4.53. The molecule has 1 heterocycles. The van der Waals surface area contributed by atoms with Crippen LogP contribution in [0.1, 0.15) is 49.7 Å². The van der Waals surface area contributed by atoms with E-state index < -0.39 is 0 Å². The lowest BCUT2D eigenvalue weighted by atomic mass is 10.1. The van der Waals surface area contributed by atoms with Crippen LogP contribution in [0.3, 0.4) is 0 Å². The van der Waals surface area contributed by atoms with Crippen LogP contribution in [-0.2, 0) is 20.1 Å². The molecule has 7 heteroatoms. The first-order valence-electron chi connectivity index (χ1n) is 10.1. The third kappa shape index (κ3) is 7.87. The minimum absolute atomic E-state index is 0. The van der Waals surface area contributed by atoms with Crippen molar-refractivity contribution in [3.8, 4) is 5.75 Å². The monoisotopic (exact) mass is 513 g/mol. The van der Waals surface area contributed by atoms with Gasteiger partial charge in [-0.05, 0) is 39.2 Å². The zero-order chi connectivity index (χ0) is 20.5. The van der Waals surface area contributed by atoms with Gasteiger partial charge in [-0.3, -0.25) is 4.68 Å². The summed E-state index contributed by atoms with van der Waals surface area (Å²) < 4.78 is 7.90. The summed E-state index contributed by atoms with van der Waals surface area (Å²) in [5.74, 6) is 2.35. The first kappa shape index (κ1) is 25.3. The van der Waals surface area contributed by atoms with Crippen LogP contribution >= 0.6 is 24.0 Å². The highest BCUT2D eigenvalue weighted by molar-refractivity contribution is 14.0. The third-order valence-corrected chi connectivity index (χ3v) is 4.77. The summed E-state index contributed by atoms with van der Waals surface area (Å²) in [6.45, 7) is 13.4. The van der Waals surface area contributed by atoms with Crippen molar-refractivity contribution in [2.45, 2.75) is 54.1 Å². The highest BCUT2D eigenvalue weighted by Crippen LogP contribution is 2.19. The molecule has 0 atom stereocenters. The van der Waals surface area contributed by atoms with Crippen molar-refractivity contribution in [3.05, 3.63) is 46.8 Å². The highest BCUT2D eigenvalue weighted by atomic mass is 127. The Morgan fingerprint density at radius 2 is 1.93 bits per heavy atom. The molecule has 0 radical (unpaired) electrons. The number of aromatic nitrogens is 2. The predicted octanol–water partition coefficient (Wildman–Crippen LogP) is 4.34. The van der Waals surface area contributed by atoms with Gasteiger partial charge >= 0.3 is 0 Å². The number of hydrogen-bond donors (Lipinski definition) is 2. The molecule has 0 aliphatic rings. The van der Waals surface area contributed by atoms with Gasteiger partial charge in [0.25, 0.3) is 0 Å². The van der Waals surface area contributed by atoms with Gasteiger partial charge in [0.1, 0.15) is 5.75 Å². The van der Waals surface area contributed by atoms with Crippen molar-refractivity contribution in [2.24, 2.45) is 18.0 Å². The topological polar surface area (TPSA) is 63.5 Å². The van der Waals surface area contributed by atoms with E-state index in [1.54, 1.807) is 0 Å². The van der Waals surface area contributed by atoms with Gasteiger partial charge < -0.3 is 15.4 Å². The van der Waals surface area contributed by atoms with Crippen molar-refractivity contribution >= 4 is 29.9 Å².